The lowest BCUT2D eigenvalue weighted by Crippen LogP contribution is -2.30. The number of amides is 1. The Morgan fingerprint density at radius 1 is 0.946 bits per heavy atom. The fourth-order valence-electron chi connectivity index (χ4n) is 4.81. The zero-order chi connectivity index (χ0) is 25.8. The second-order valence-corrected chi connectivity index (χ2v) is 10.6. The van der Waals surface area contributed by atoms with Gasteiger partial charge in [-0.15, -0.1) is 0 Å². The molecule has 0 saturated carbocycles. The molecule has 0 spiro atoms. The molecule has 1 amide bonds. The number of carbonyl (C=O) groups excluding carboxylic acids is 1. The first kappa shape index (κ1) is 25.0. The maximum atomic E-state index is 12.7. The average Bonchev–Trinajstić information content (AvgIpc) is 3.41. The summed E-state index contributed by atoms with van der Waals surface area (Å²) in [5.41, 5.74) is 8.13. The fourth-order valence-corrected chi connectivity index (χ4v) is 5.79. The van der Waals surface area contributed by atoms with E-state index in [-0.39, 0.29) is 17.3 Å². The van der Waals surface area contributed by atoms with E-state index in [2.05, 4.69) is 86.0 Å². The lowest BCUT2D eigenvalue weighted by Gasteiger charge is -2.16. The number of benzene rings is 3. The molecule has 5 rings (SSSR count). The van der Waals surface area contributed by atoms with Crippen molar-refractivity contribution in [2.45, 2.75) is 45.2 Å². The van der Waals surface area contributed by atoms with Gasteiger partial charge in [-0.25, -0.2) is 0 Å². The first-order valence-electron chi connectivity index (χ1n) is 12.7. The summed E-state index contributed by atoms with van der Waals surface area (Å²) < 4.78 is 5.96. The number of allylic oxidation sites excluding steroid dienone is 5. The Kier molecular flexibility index (Phi) is 7.52. The lowest BCUT2D eigenvalue weighted by atomic mass is 9.89. The third kappa shape index (κ3) is 5.83. The first-order chi connectivity index (χ1) is 18.0. The van der Waals surface area contributed by atoms with E-state index in [1.165, 1.54) is 34.0 Å². The number of carbonyl (C=O) groups is 1. The van der Waals surface area contributed by atoms with Gasteiger partial charge >= 0.3 is 0 Å². The van der Waals surface area contributed by atoms with Gasteiger partial charge in [-0.2, -0.15) is 0 Å². The van der Waals surface area contributed by atoms with Crippen LogP contribution in [0.5, 0.6) is 5.75 Å². The Morgan fingerprint density at radius 2 is 1.68 bits per heavy atom. The third-order valence-corrected chi connectivity index (χ3v) is 7.89. The van der Waals surface area contributed by atoms with Gasteiger partial charge < -0.3 is 15.4 Å². The molecule has 2 atom stereocenters. The van der Waals surface area contributed by atoms with E-state index >= 15 is 0 Å². The zero-order valence-electron chi connectivity index (χ0n) is 21.5. The Labute approximate surface area is 223 Å². The number of anilines is 1. The molecule has 0 unspecified atom stereocenters. The van der Waals surface area contributed by atoms with Crippen molar-refractivity contribution in [3.05, 3.63) is 129 Å². The highest BCUT2D eigenvalue weighted by Crippen LogP contribution is 2.41. The molecule has 188 valence electrons. The van der Waals surface area contributed by atoms with E-state index in [9.17, 15) is 4.79 Å². The molecule has 0 radical (unpaired) electrons. The summed E-state index contributed by atoms with van der Waals surface area (Å²) in [6.07, 6.45) is 5.24. The SMILES string of the molecule is CCc1ccc(N[C@H]2NC(=O)/C(=C/C3=C(C)[C@@H](c4ccc(OCc5ccccc5)cc4)C(C)=C3)S2)cc1. The van der Waals surface area contributed by atoms with E-state index in [0.29, 0.717) is 6.61 Å². The summed E-state index contributed by atoms with van der Waals surface area (Å²) in [6.45, 7) is 7.01. The molecule has 2 N–H and O–H groups in total. The third-order valence-electron chi connectivity index (χ3n) is 6.87. The van der Waals surface area contributed by atoms with Gasteiger partial charge in [-0.1, -0.05) is 90.5 Å². The molecule has 37 heavy (non-hydrogen) atoms. The van der Waals surface area contributed by atoms with Crippen LogP contribution in [0.15, 0.2) is 113 Å². The quantitative estimate of drug-likeness (QED) is 0.313. The monoisotopic (exact) mass is 508 g/mol. The van der Waals surface area contributed by atoms with Crippen LogP contribution in [-0.4, -0.2) is 11.4 Å². The number of nitrogens with one attached hydrogen (secondary N) is 2. The van der Waals surface area contributed by atoms with Gasteiger partial charge in [-0.3, -0.25) is 4.79 Å². The predicted molar refractivity (Wildman–Crippen MR) is 153 cm³/mol. The van der Waals surface area contributed by atoms with Crippen LogP contribution in [0.2, 0.25) is 0 Å². The molecule has 0 aromatic heterocycles. The molecule has 1 aliphatic heterocycles. The Morgan fingerprint density at radius 3 is 2.38 bits per heavy atom. The fraction of sp³-hybridized carbons (Fsp3) is 0.219. The Hall–Kier alpha value is -3.70. The highest BCUT2D eigenvalue weighted by Gasteiger charge is 2.29. The molecule has 1 aliphatic carbocycles. The number of rotatable bonds is 8. The lowest BCUT2D eigenvalue weighted by molar-refractivity contribution is -0.116. The summed E-state index contributed by atoms with van der Waals surface area (Å²) in [4.78, 5) is 13.4. The smallest absolute Gasteiger partial charge is 0.260 e. The molecule has 3 aromatic rings. The molecule has 1 saturated heterocycles. The number of ether oxygens (including phenoxy) is 1. The summed E-state index contributed by atoms with van der Waals surface area (Å²) in [6, 6.07) is 26.9. The molecule has 4 nitrogen and oxygen atoms in total. The normalized spacial score (nSPS) is 20.2. The molecule has 2 aliphatic rings. The molecule has 0 bridgehead atoms. The van der Waals surface area contributed by atoms with Crippen molar-refractivity contribution in [1.82, 2.24) is 5.32 Å². The van der Waals surface area contributed by atoms with Crippen molar-refractivity contribution in [2.75, 3.05) is 5.32 Å². The van der Waals surface area contributed by atoms with Gasteiger partial charge in [-0.05, 0) is 72.9 Å². The van der Waals surface area contributed by atoms with Crippen LogP contribution >= 0.6 is 11.8 Å². The van der Waals surface area contributed by atoms with Crippen molar-refractivity contribution in [3.8, 4) is 5.75 Å². The number of hydrogen-bond donors (Lipinski definition) is 2. The molecular formula is C32H32N2O2S. The number of thioether (sulfide) groups is 1. The predicted octanol–water partition coefficient (Wildman–Crippen LogP) is 7.33. The first-order valence-corrected chi connectivity index (χ1v) is 13.6. The van der Waals surface area contributed by atoms with Crippen molar-refractivity contribution in [3.63, 3.8) is 0 Å². The van der Waals surface area contributed by atoms with Crippen molar-refractivity contribution < 1.29 is 9.53 Å². The second kappa shape index (κ2) is 11.1. The number of hydrogen-bond acceptors (Lipinski definition) is 4. The van der Waals surface area contributed by atoms with E-state index in [0.717, 1.165) is 33.9 Å². The Bertz CT molecular complexity index is 1360. The van der Waals surface area contributed by atoms with Gasteiger partial charge in [0.1, 0.15) is 12.4 Å². The summed E-state index contributed by atoms with van der Waals surface area (Å²) in [5, 5.41) is 6.45. The van der Waals surface area contributed by atoms with Crippen LogP contribution in [0.25, 0.3) is 0 Å². The van der Waals surface area contributed by atoms with E-state index in [4.69, 9.17) is 4.74 Å². The standard InChI is InChI=1S/C32H32N2O2S/c1-4-23-10-14-27(15-11-23)33-32-34-31(35)29(37-32)19-26-18-21(2)30(22(26)3)25-12-16-28(17-13-25)36-20-24-8-6-5-7-9-24/h5-19,30,32-33H,4,20H2,1-3H3,(H,34,35)/b29-19-/t30-,32-/m0/s1. The average molecular weight is 509 g/mol. The highest BCUT2D eigenvalue weighted by atomic mass is 32.2. The molecular weight excluding hydrogens is 476 g/mol. The van der Waals surface area contributed by atoms with Crippen LogP contribution in [0.4, 0.5) is 5.69 Å². The maximum Gasteiger partial charge on any atom is 0.260 e. The topological polar surface area (TPSA) is 50.4 Å². The minimum atomic E-state index is -0.183. The summed E-state index contributed by atoms with van der Waals surface area (Å²) in [7, 11) is 0. The van der Waals surface area contributed by atoms with Gasteiger partial charge in [0.2, 0.25) is 0 Å². The van der Waals surface area contributed by atoms with Crippen molar-refractivity contribution in [1.29, 1.82) is 0 Å². The molecule has 1 fully saturated rings. The van der Waals surface area contributed by atoms with Crippen molar-refractivity contribution >= 4 is 23.4 Å². The number of aryl methyl sites for hydroxylation is 1. The Balaban J connectivity index is 1.25. The van der Waals surface area contributed by atoms with Gasteiger partial charge in [0.25, 0.3) is 5.91 Å². The molecule has 3 aromatic carbocycles. The van der Waals surface area contributed by atoms with Gasteiger partial charge in [0, 0.05) is 11.6 Å². The van der Waals surface area contributed by atoms with Crippen LogP contribution in [0.1, 0.15) is 43.4 Å². The van der Waals surface area contributed by atoms with Crippen LogP contribution in [-0.2, 0) is 17.8 Å². The van der Waals surface area contributed by atoms with E-state index < -0.39 is 0 Å². The minimum absolute atomic E-state index is 0.0394. The molecule has 5 heteroatoms. The van der Waals surface area contributed by atoms with Crippen LogP contribution in [0.3, 0.4) is 0 Å². The van der Waals surface area contributed by atoms with E-state index in [1.54, 1.807) is 0 Å². The largest absolute Gasteiger partial charge is 0.489 e. The highest BCUT2D eigenvalue weighted by molar-refractivity contribution is 8.05. The maximum absolute atomic E-state index is 12.7. The van der Waals surface area contributed by atoms with Crippen molar-refractivity contribution in [2.24, 2.45) is 0 Å². The van der Waals surface area contributed by atoms with Crippen LogP contribution in [0, 0.1) is 0 Å². The molecule has 1 heterocycles. The summed E-state index contributed by atoms with van der Waals surface area (Å²) in [5.74, 6) is 1.02. The zero-order valence-corrected chi connectivity index (χ0v) is 22.3. The minimum Gasteiger partial charge on any atom is -0.489 e. The summed E-state index contributed by atoms with van der Waals surface area (Å²) >= 11 is 1.53. The van der Waals surface area contributed by atoms with Gasteiger partial charge in [0.05, 0.1) is 4.91 Å². The van der Waals surface area contributed by atoms with Crippen LogP contribution < -0.4 is 15.4 Å². The van der Waals surface area contributed by atoms with E-state index in [1.807, 2.05) is 36.4 Å². The van der Waals surface area contributed by atoms with Gasteiger partial charge in [0.15, 0.2) is 5.50 Å². The second-order valence-electron chi connectivity index (χ2n) is 9.48.